The average Bonchev–Trinajstić information content (AvgIpc) is 2.66. The molecule has 0 saturated carbocycles. The van der Waals surface area contributed by atoms with Gasteiger partial charge in [-0.1, -0.05) is 42.0 Å². The van der Waals surface area contributed by atoms with Crippen LogP contribution in [0.2, 0.25) is 0 Å². The van der Waals surface area contributed by atoms with E-state index in [0.29, 0.717) is 5.56 Å². The largest absolute Gasteiger partial charge is 0.270 e. The highest BCUT2D eigenvalue weighted by molar-refractivity contribution is 7.92. The Morgan fingerprint density at radius 2 is 1.71 bits per heavy atom. The first-order valence-electron chi connectivity index (χ1n) is 8.36. The number of rotatable bonds is 6. The minimum atomic E-state index is -4.18. The molecule has 0 amide bonds. The smallest absolute Gasteiger partial charge is 0.262 e. The van der Waals surface area contributed by atoms with Crippen LogP contribution in [0.25, 0.3) is 0 Å². The Labute approximate surface area is 162 Å². The van der Waals surface area contributed by atoms with E-state index in [2.05, 4.69) is 0 Å². The van der Waals surface area contributed by atoms with E-state index in [1.54, 1.807) is 12.1 Å². The van der Waals surface area contributed by atoms with Gasteiger partial charge in [0, 0.05) is 12.1 Å². The molecule has 0 fully saturated rings. The molecule has 3 rings (SSSR count). The number of sulfonamides is 1. The van der Waals surface area contributed by atoms with Crippen LogP contribution in [0, 0.1) is 22.9 Å². The number of nitro groups is 1. The van der Waals surface area contributed by atoms with Crippen LogP contribution in [-0.4, -0.2) is 13.3 Å². The molecule has 6 nitrogen and oxygen atoms in total. The average molecular weight is 400 g/mol. The van der Waals surface area contributed by atoms with Gasteiger partial charge < -0.3 is 0 Å². The molecule has 0 saturated heterocycles. The zero-order valence-electron chi connectivity index (χ0n) is 14.9. The Hall–Kier alpha value is -3.26. The molecule has 0 aliphatic rings. The second kappa shape index (κ2) is 7.77. The first kappa shape index (κ1) is 19.5. The number of nitrogens with zero attached hydrogens (tertiary/aromatic N) is 2. The molecule has 0 aromatic heterocycles. The van der Waals surface area contributed by atoms with Gasteiger partial charge >= 0.3 is 0 Å². The fourth-order valence-corrected chi connectivity index (χ4v) is 4.29. The molecule has 0 aliphatic carbocycles. The minimum Gasteiger partial charge on any atom is -0.262 e. The Morgan fingerprint density at radius 1 is 1.00 bits per heavy atom. The van der Waals surface area contributed by atoms with E-state index in [4.69, 9.17) is 0 Å². The van der Waals surface area contributed by atoms with Gasteiger partial charge in [0.1, 0.15) is 5.82 Å². The maximum Gasteiger partial charge on any atom is 0.270 e. The van der Waals surface area contributed by atoms with Gasteiger partial charge in [-0.05, 0) is 36.8 Å². The number of aryl methyl sites for hydroxylation is 1. The van der Waals surface area contributed by atoms with Crippen molar-refractivity contribution in [3.05, 3.63) is 99.9 Å². The van der Waals surface area contributed by atoms with E-state index < -0.39 is 20.8 Å². The molecular formula is C20H17FN2O4S. The van der Waals surface area contributed by atoms with Gasteiger partial charge in [-0.25, -0.2) is 12.8 Å². The lowest BCUT2D eigenvalue weighted by atomic mass is 10.1. The molecule has 0 heterocycles. The van der Waals surface area contributed by atoms with E-state index in [1.165, 1.54) is 36.4 Å². The Morgan fingerprint density at radius 3 is 2.39 bits per heavy atom. The molecule has 0 N–H and O–H groups in total. The molecule has 0 spiro atoms. The maximum atomic E-state index is 13.8. The Bertz CT molecular complexity index is 1130. The molecule has 0 aliphatic heterocycles. The van der Waals surface area contributed by atoms with Gasteiger partial charge in [-0.3, -0.25) is 14.4 Å². The number of halogens is 1. The highest BCUT2D eigenvalue weighted by Crippen LogP contribution is 2.28. The van der Waals surface area contributed by atoms with Crippen molar-refractivity contribution in [2.75, 3.05) is 4.31 Å². The van der Waals surface area contributed by atoms with Gasteiger partial charge in [-0.15, -0.1) is 0 Å². The Kier molecular flexibility index (Phi) is 5.41. The molecule has 3 aromatic carbocycles. The van der Waals surface area contributed by atoms with Crippen LogP contribution in [0.15, 0.2) is 77.7 Å². The third-order valence-electron chi connectivity index (χ3n) is 4.12. The van der Waals surface area contributed by atoms with Crippen molar-refractivity contribution in [2.45, 2.75) is 18.4 Å². The first-order chi connectivity index (χ1) is 13.3. The molecule has 0 radical (unpaired) electrons. The summed E-state index contributed by atoms with van der Waals surface area (Å²) in [4.78, 5) is 10.1. The summed E-state index contributed by atoms with van der Waals surface area (Å²) >= 11 is 0. The van der Waals surface area contributed by atoms with Gasteiger partial charge in [0.15, 0.2) is 0 Å². The molecule has 28 heavy (non-hydrogen) atoms. The number of nitro benzene ring substituents is 1. The standard InChI is InChI=1S/C20H17FN2O4S/c1-15-5-2-6-16(11-15)14-22(18-8-3-7-17(21)12-18)28(26,27)20-10-4-9-19(13-20)23(24)25/h2-13H,14H2,1H3. The number of hydrogen-bond donors (Lipinski definition) is 0. The summed E-state index contributed by atoms with van der Waals surface area (Å²) < 4.78 is 41.4. The second-order valence-electron chi connectivity index (χ2n) is 6.24. The van der Waals surface area contributed by atoms with Crippen molar-refractivity contribution in [3.8, 4) is 0 Å². The second-order valence-corrected chi connectivity index (χ2v) is 8.10. The van der Waals surface area contributed by atoms with Crippen LogP contribution in [-0.2, 0) is 16.6 Å². The summed E-state index contributed by atoms with van der Waals surface area (Å²) in [5.41, 5.74) is 1.45. The van der Waals surface area contributed by atoms with E-state index >= 15 is 0 Å². The van der Waals surface area contributed by atoms with Crippen molar-refractivity contribution in [1.29, 1.82) is 0 Å². The predicted molar refractivity (Wildman–Crippen MR) is 104 cm³/mol. The molecule has 144 valence electrons. The first-order valence-corrected chi connectivity index (χ1v) is 9.80. The molecule has 3 aromatic rings. The molecule has 0 unspecified atom stereocenters. The number of benzene rings is 3. The van der Waals surface area contributed by atoms with Gasteiger partial charge in [-0.2, -0.15) is 0 Å². The monoisotopic (exact) mass is 400 g/mol. The minimum absolute atomic E-state index is 0.0455. The summed E-state index contributed by atoms with van der Waals surface area (Å²) in [7, 11) is -4.18. The van der Waals surface area contributed by atoms with Gasteiger partial charge in [0.05, 0.1) is 22.1 Å². The van der Waals surface area contributed by atoms with Crippen molar-refractivity contribution < 1.29 is 17.7 Å². The van der Waals surface area contributed by atoms with E-state index in [9.17, 15) is 22.9 Å². The molecular weight excluding hydrogens is 383 g/mol. The summed E-state index contributed by atoms with van der Waals surface area (Å²) in [5.74, 6) is -0.582. The SMILES string of the molecule is Cc1cccc(CN(c2cccc(F)c2)S(=O)(=O)c2cccc([N+](=O)[O-])c2)c1. The molecule has 0 atom stereocenters. The number of hydrogen-bond acceptors (Lipinski definition) is 4. The lowest BCUT2D eigenvalue weighted by molar-refractivity contribution is -0.385. The summed E-state index contributed by atoms with van der Waals surface area (Å²) in [5, 5.41) is 11.0. The highest BCUT2D eigenvalue weighted by atomic mass is 32.2. The molecule has 0 bridgehead atoms. The van der Waals surface area contributed by atoms with E-state index in [-0.39, 0.29) is 22.8 Å². The maximum absolute atomic E-state index is 13.8. The van der Waals surface area contributed by atoms with Crippen molar-refractivity contribution in [2.24, 2.45) is 0 Å². The van der Waals surface area contributed by atoms with Crippen LogP contribution in [0.5, 0.6) is 0 Å². The fourth-order valence-electron chi connectivity index (χ4n) is 2.81. The number of non-ortho nitro benzene ring substituents is 1. The fraction of sp³-hybridized carbons (Fsp3) is 0.100. The Balaban J connectivity index is 2.12. The third kappa shape index (κ3) is 4.17. The quantitative estimate of drug-likeness (QED) is 0.453. The van der Waals surface area contributed by atoms with Crippen LogP contribution in [0.3, 0.4) is 0 Å². The predicted octanol–water partition coefficient (Wildman–Crippen LogP) is 4.44. The van der Waals surface area contributed by atoms with Crippen LogP contribution in [0.1, 0.15) is 11.1 Å². The van der Waals surface area contributed by atoms with Gasteiger partial charge in [0.25, 0.3) is 15.7 Å². The lowest BCUT2D eigenvalue weighted by Crippen LogP contribution is -2.30. The van der Waals surface area contributed by atoms with Crippen molar-refractivity contribution >= 4 is 21.4 Å². The zero-order valence-corrected chi connectivity index (χ0v) is 15.8. The number of anilines is 1. The summed E-state index contributed by atoms with van der Waals surface area (Å²) in [6.07, 6.45) is 0. The highest BCUT2D eigenvalue weighted by Gasteiger charge is 2.27. The van der Waals surface area contributed by atoms with E-state index in [0.717, 1.165) is 22.0 Å². The van der Waals surface area contributed by atoms with Crippen LogP contribution >= 0.6 is 0 Å². The molecule has 8 heteroatoms. The lowest BCUT2D eigenvalue weighted by Gasteiger charge is -2.25. The van der Waals surface area contributed by atoms with Crippen molar-refractivity contribution in [3.63, 3.8) is 0 Å². The zero-order chi connectivity index (χ0) is 20.3. The topological polar surface area (TPSA) is 80.5 Å². The van der Waals surface area contributed by atoms with Crippen LogP contribution < -0.4 is 4.31 Å². The van der Waals surface area contributed by atoms with Gasteiger partial charge in [0.2, 0.25) is 0 Å². The normalized spacial score (nSPS) is 11.2. The summed E-state index contributed by atoms with van der Waals surface area (Å²) in [6.45, 7) is 1.83. The van der Waals surface area contributed by atoms with Crippen LogP contribution in [0.4, 0.5) is 15.8 Å². The third-order valence-corrected chi connectivity index (χ3v) is 5.89. The summed E-state index contributed by atoms with van der Waals surface area (Å²) in [6, 6.07) is 17.3. The van der Waals surface area contributed by atoms with Crippen molar-refractivity contribution in [1.82, 2.24) is 0 Å². The van der Waals surface area contributed by atoms with E-state index in [1.807, 2.05) is 19.1 Å².